The van der Waals surface area contributed by atoms with Gasteiger partial charge in [0.25, 0.3) is 0 Å². The summed E-state index contributed by atoms with van der Waals surface area (Å²) < 4.78 is 0. The highest BCUT2D eigenvalue weighted by Gasteiger charge is 2.50. The third-order valence-corrected chi connectivity index (χ3v) is 5.27. The van der Waals surface area contributed by atoms with Crippen LogP contribution in [0.3, 0.4) is 0 Å². The van der Waals surface area contributed by atoms with Gasteiger partial charge in [-0.1, -0.05) is 92.4 Å². The summed E-state index contributed by atoms with van der Waals surface area (Å²) in [5.74, 6) is 6.39. The monoisotopic (exact) mass is 324 g/mol. The van der Waals surface area contributed by atoms with Crippen molar-refractivity contribution >= 4 is 0 Å². The van der Waals surface area contributed by atoms with Gasteiger partial charge in [-0.15, -0.1) is 0 Å². The maximum absolute atomic E-state index is 11.8. The Morgan fingerprint density at radius 2 is 1.20 bits per heavy atom. The maximum Gasteiger partial charge on any atom is 0.160 e. The van der Waals surface area contributed by atoms with E-state index < -0.39 is 11.0 Å². The Morgan fingerprint density at radius 1 is 0.680 bits per heavy atom. The number of hydrogen-bond acceptors (Lipinski definition) is 1. The van der Waals surface area contributed by atoms with E-state index in [0.717, 1.165) is 22.3 Å². The van der Waals surface area contributed by atoms with Crippen molar-refractivity contribution in [2.24, 2.45) is 0 Å². The molecule has 0 saturated heterocycles. The first-order valence-corrected chi connectivity index (χ1v) is 8.54. The number of aliphatic hydroxyl groups is 1. The van der Waals surface area contributed by atoms with Crippen LogP contribution in [0.15, 0.2) is 78.9 Å². The van der Waals surface area contributed by atoms with Crippen molar-refractivity contribution in [3.8, 4) is 23.0 Å². The predicted molar refractivity (Wildman–Crippen MR) is 102 cm³/mol. The molecule has 122 valence electrons. The van der Waals surface area contributed by atoms with Crippen molar-refractivity contribution in [2.45, 2.75) is 24.9 Å². The molecular weight excluding hydrogens is 304 g/mol. The molecule has 1 atom stereocenters. The molecular formula is C24H20O. The van der Waals surface area contributed by atoms with Crippen LogP contribution in [0, 0.1) is 11.8 Å². The topological polar surface area (TPSA) is 20.2 Å². The molecule has 0 amide bonds. The molecule has 0 aliphatic heterocycles. The van der Waals surface area contributed by atoms with Crippen LogP contribution in [0.25, 0.3) is 11.1 Å². The Balaban J connectivity index is 1.98. The highest BCUT2D eigenvalue weighted by Crippen LogP contribution is 2.52. The van der Waals surface area contributed by atoms with Gasteiger partial charge in [0.05, 0.1) is 0 Å². The van der Waals surface area contributed by atoms with Gasteiger partial charge in [-0.25, -0.2) is 0 Å². The average Bonchev–Trinajstić information content (AvgIpc) is 2.66. The second kappa shape index (κ2) is 5.62. The summed E-state index contributed by atoms with van der Waals surface area (Å²) in [5.41, 5.74) is 3.35. The second-order valence-electron chi connectivity index (χ2n) is 7.04. The van der Waals surface area contributed by atoms with Crippen LogP contribution in [0.1, 0.15) is 30.5 Å². The third kappa shape index (κ3) is 2.30. The van der Waals surface area contributed by atoms with Crippen LogP contribution in [0.4, 0.5) is 0 Å². The fraction of sp³-hybridized carbons (Fsp3) is 0.167. The van der Waals surface area contributed by atoms with Crippen LogP contribution in [-0.4, -0.2) is 5.11 Å². The lowest BCUT2D eigenvalue weighted by Gasteiger charge is -2.45. The van der Waals surface area contributed by atoms with Crippen molar-refractivity contribution in [2.75, 3.05) is 0 Å². The first kappa shape index (κ1) is 15.7. The molecule has 0 heterocycles. The second-order valence-corrected chi connectivity index (χ2v) is 7.04. The average molecular weight is 324 g/mol. The SMILES string of the molecule is CC1(C)c2ccccc2-c2ccccc2C1(O)C#Cc1ccccc1. The molecule has 0 fully saturated rings. The van der Waals surface area contributed by atoms with Crippen LogP contribution in [0.2, 0.25) is 0 Å². The summed E-state index contributed by atoms with van der Waals surface area (Å²) in [6.45, 7) is 4.14. The predicted octanol–water partition coefficient (Wildman–Crippen LogP) is 4.88. The largest absolute Gasteiger partial charge is 0.372 e. The zero-order valence-corrected chi connectivity index (χ0v) is 14.5. The molecule has 25 heavy (non-hydrogen) atoms. The maximum atomic E-state index is 11.8. The van der Waals surface area contributed by atoms with Crippen molar-refractivity contribution in [3.05, 3.63) is 95.6 Å². The van der Waals surface area contributed by atoms with Crippen molar-refractivity contribution in [1.29, 1.82) is 0 Å². The van der Waals surface area contributed by atoms with Gasteiger partial charge in [0.1, 0.15) is 0 Å². The summed E-state index contributed by atoms with van der Waals surface area (Å²) in [6, 6.07) is 26.2. The van der Waals surface area contributed by atoms with Crippen LogP contribution in [0.5, 0.6) is 0 Å². The first-order valence-electron chi connectivity index (χ1n) is 8.54. The van der Waals surface area contributed by atoms with Crippen molar-refractivity contribution in [1.82, 2.24) is 0 Å². The lowest BCUT2D eigenvalue weighted by molar-refractivity contribution is 0.0245. The van der Waals surface area contributed by atoms with Gasteiger partial charge in [-0.3, -0.25) is 0 Å². The molecule has 0 aromatic heterocycles. The fourth-order valence-corrected chi connectivity index (χ4v) is 3.74. The molecule has 0 spiro atoms. The van der Waals surface area contributed by atoms with E-state index in [0.29, 0.717) is 0 Å². The quantitative estimate of drug-likeness (QED) is 0.584. The molecule has 0 saturated carbocycles. The summed E-state index contributed by atoms with van der Waals surface area (Å²) in [6.07, 6.45) is 0. The van der Waals surface area contributed by atoms with Gasteiger partial charge >= 0.3 is 0 Å². The van der Waals surface area contributed by atoms with Gasteiger partial charge in [0.15, 0.2) is 5.60 Å². The molecule has 0 bridgehead atoms. The van der Waals surface area contributed by atoms with E-state index in [2.05, 4.69) is 43.9 Å². The molecule has 1 unspecified atom stereocenters. The minimum Gasteiger partial charge on any atom is -0.372 e. The number of benzene rings is 3. The van der Waals surface area contributed by atoms with Gasteiger partial charge < -0.3 is 5.11 Å². The van der Waals surface area contributed by atoms with Crippen molar-refractivity contribution in [3.63, 3.8) is 0 Å². The summed E-state index contributed by atoms with van der Waals surface area (Å²) in [7, 11) is 0. The molecule has 0 radical (unpaired) electrons. The van der Waals surface area contributed by atoms with E-state index in [1.807, 2.05) is 60.7 Å². The van der Waals surface area contributed by atoms with Gasteiger partial charge in [0.2, 0.25) is 0 Å². The van der Waals surface area contributed by atoms with Gasteiger partial charge in [-0.2, -0.15) is 0 Å². The Labute approximate surface area is 149 Å². The highest BCUT2D eigenvalue weighted by atomic mass is 16.3. The minimum absolute atomic E-state index is 0.528. The molecule has 1 aliphatic carbocycles. The van der Waals surface area contributed by atoms with Crippen molar-refractivity contribution < 1.29 is 5.11 Å². The van der Waals surface area contributed by atoms with Crippen LogP contribution < -0.4 is 0 Å². The third-order valence-electron chi connectivity index (χ3n) is 5.27. The molecule has 1 nitrogen and oxygen atoms in total. The molecule has 3 aromatic rings. The highest BCUT2D eigenvalue weighted by molar-refractivity contribution is 5.78. The Hall–Kier alpha value is -2.82. The molecule has 3 aromatic carbocycles. The van der Waals surface area contributed by atoms with E-state index in [4.69, 9.17) is 0 Å². The standard InChI is InChI=1S/C24H20O/c1-23(2)21-14-8-6-12-19(21)20-13-7-9-15-22(20)24(23,25)17-16-18-10-4-3-5-11-18/h3-15,25H,1-2H3. The molecule has 1 aliphatic rings. The number of fused-ring (bicyclic) bond motifs is 3. The molecule has 1 heteroatoms. The Kier molecular flexibility index (Phi) is 3.53. The lowest BCUT2D eigenvalue weighted by atomic mass is 9.60. The number of rotatable bonds is 0. The molecule has 4 rings (SSSR count). The zero-order valence-electron chi connectivity index (χ0n) is 14.5. The van der Waals surface area contributed by atoms with Crippen LogP contribution >= 0.6 is 0 Å². The smallest absolute Gasteiger partial charge is 0.160 e. The number of hydrogen-bond donors (Lipinski definition) is 1. The Morgan fingerprint density at radius 3 is 1.88 bits per heavy atom. The fourth-order valence-electron chi connectivity index (χ4n) is 3.74. The minimum atomic E-state index is -1.26. The summed E-state index contributed by atoms with van der Waals surface area (Å²) >= 11 is 0. The normalized spacial score (nSPS) is 20.0. The van der Waals surface area contributed by atoms with Gasteiger partial charge in [-0.05, 0) is 28.8 Å². The van der Waals surface area contributed by atoms with E-state index in [1.54, 1.807) is 0 Å². The molecule has 1 N–H and O–H groups in total. The van der Waals surface area contributed by atoms with E-state index in [-0.39, 0.29) is 0 Å². The van der Waals surface area contributed by atoms with Crippen LogP contribution in [-0.2, 0) is 11.0 Å². The van der Waals surface area contributed by atoms with Gasteiger partial charge in [0, 0.05) is 16.5 Å². The summed E-state index contributed by atoms with van der Waals surface area (Å²) in [4.78, 5) is 0. The van der Waals surface area contributed by atoms with E-state index in [9.17, 15) is 5.11 Å². The zero-order chi connectivity index (χ0) is 17.5. The first-order chi connectivity index (χ1) is 12.0. The lowest BCUT2D eigenvalue weighted by Crippen LogP contribution is -2.47. The van der Waals surface area contributed by atoms with E-state index >= 15 is 0 Å². The van der Waals surface area contributed by atoms with E-state index in [1.165, 1.54) is 5.56 Å². The summed E-state index contributed by atoms with van der Waals surface area (Å²) in [5, 5.41) is 11.8. The Bertz CT molecular complexity index is 989.